The average Bonchev–Trinajstić information content (AvgIpc) is 2.63. The fraction of sp³-hybridized carbons (Fsp3) is 0.500. The zero-order valence-electron chi connectivity index (χ0n) is 10.7. The van der Waals surface area contributed by atoms with Crippen LogP contribution in [0, 0.1) is 17.2 Å². The first kappa shape index (κ1) is 13.4. The maximum atomic E-state index is 9.41. The van der Waals surface area contributed by atoms with Gasteiger partial charge in [0.15, 0.2) is 0 Å². The molecule has 1 N–H and O–H groups in total. The summed E-state index contributed by atoms with van der Waals surface area (Å²) >= 11 is 3.48. The van der Waals surface area contributed by atoms with Crippen molar-refractivity contribution in [1.29, 1.82) is 5.26 Å². The van der Waals surface area contributed by atoms with E-state index in [2.05, 4.69) is 33.0 Å². The highest BCUT2D eigenvalue weighted by atomic mass is 79.9. The summed E-state index contributed by atoms with van der Waals surface area (Å²) in [6.07, 6.45) is 0. The number of fused-ring (bicyclic) bond motifs is 1. The molecular weight excluding hydrogens is 292 g/mol. The molecule has 0 saturated heterocycles. The second-order valence-corrected chi connectivity index (χ2v) is 6.19. The van der Waals surface area contributed by atoms with Crippen LogP contribution >= 0.6 is 15.9 Å². The van der Waals surface area contributed by atoms with Crippen LogP contribution in [0.25, 0.3) is 0 Å². The molecule has 1 aliphatic rings. The molecule has 0 aliphatic carbocycles. The Hall–Kier alpha value is -1.05. The number of nitriles is 1. The van der Waals surface area contributed by atoms with Gasteiger partial charge >= 0.3 is 0 Å². The Bertz CT molecular complexity index is 497. The molecule has 0 saturated carbocycles. The summed E-state index contributed by atoms with van der Waals surface area (Å²) in [4.78, 5) is 2.20. The Balaban J connectivity index is 2.39. The molecular formula is C14H17BrN2O. The molecule has 1 aromatic carbocycles. The van der Waals surface area contributed by atoms with E-state index >= 15 is 0 Å². The third-order valence-electron chi connectivity index (χ3n) is 3.49. The second-order valence-electron chi connectivity index (χ2n) is 5.27. The van der Waals surface area contributed by atoms with Crippen molar-refractivity contribution in [2.24, 2.45) is 5.92 Å². The SMILES string of the molecule is CC(CO)CN1CC(C)(C#N)c2ccc(Br)cc21. The third kappa shape index (κ3) is 2.25. The average molecular weight is 309 g/mol. The number of hydrogen-bond donors (Lipinski definition) is 1. The Morgan fingerprint density at radius 3 is 2.94 bits per heavy atom. The van der Waals surface area contributed by atoms with Gasteiger partial charge in [-0.25, -0.2) is 0 Å². The number of benzene rings is 1. The van der Waals surface area contributed by atoms with Crippen LogP contribution in [0.1, 0.15) is 19.4 Å². The number of aliphatic hydroxyl groups excluding tert-OH is 1. The van der Waals surface area contributed by atoms with E-state index in [-0.39, 0.29) is 12.5 Å². The van der Waals surface area contributed by atoms with E-state index in [9.17, 15) is 10.4 Å². The largest absolute Gasteiger partial charge is 0.396 e. The fourth-order valence-corrected chi connectivity index (χ4v) is 2.83. The highest BCUT2D eigenvalue weighted by Crippen LogP contribution is 2.41. The van der Waals surface area contributed by atoms with Crippen molar-refractivity contribution in [3.05, 3.63) is 28.2 Å². The highest BCUT2D eigenvalue weighted by Gasteiger charge is 2.39. The van der Waals surface area contributed by atoms with Gasteiger partial charge in [-0.15, -0.1) is 0 Å². The molecule has 0 aromatic heterocycles. The summed E-state index contributed by atoms with van der Waals surface area (Å²) in [7, 11) is 0. The summed E-state index contributed by atoms with van der Waals surface area (Å²) in [6.45, 7) is 5.63. The maximum absolute atomic E-state index is 9.41. The Morgan fingerprint density at radius 2 is 2.33 bits per heavy atom. The molecule has 0 spiro atoms. The number of halogens is 1. The molecule has 3 nitrogen and oxygen atoms in total. The topological polar surface area (TPSA) is 47.3 Å². The van der Waals surface area contributed by atoms with Crippen LogP contribution < -0.4 is 4.90 Å². The van der Waals surface area contributed by atoms with Gasteiger partial charge in [0.1, 0.15) is 0 Å². The predicted molar refractivity (Wildman–Crippen MR) is 75.6 cm³/mol. The lowest BCUT2D eigenvalue weighted by atomic mass is 9.86. The molecule has 0 bridgehead atoms. The maximum Gasteiger partial charge on any atom is 0.0988 e. The van der Waals surface area contributed by atoms with Crippen molar-refractivity contribution in [3.8, 4) is 6.07 Å². The van der Waals surface area contributed by atoms with E-state index in [1.807, 2.05) is 26.0 Å². The summed E-state index contributed by atoms with van der Waals surface area (Å²) in [5.74, 6) is 0.206. The Labute approximate surface area is 116 Å². The van der Waals surface area contributed by atoms with E-state index in [4.69, 9.17) is 0 Å². The molecule has 0 fully saturated rings. The van der Waals surface area contributed by atoms with Gasteiger partial charge in [-0.1, -0.05) is 28.9 Å². The molecule has 1 aromatic rings. The van der Waals surface area contributed by atoms with Gasteiger partial charge in [0.2, 0.25) is 0 Å². The van der Waals surface area contributed by atoms with E-state index in [1.54, 1.807) is 0 Å². The number of anilines is 1. The lowest BCUT2D eigenvalue weighted by Crippen LogP contribution is -2.33. The van der Waals surface area contributed by atoms with Gasteiger partial charge < -0.3 is 10.0 Å². The molecule has 96 valence electrons. The smallest absolute Gasteiger partial charge is 0.0988 e. The standard InChI is InChI=1S/C14H17BrN2O/c1-10(7-18)6-17-9-14(2,8-16)12-4-3-11(15)5-13(12)17/h3-5,10,18H,6-7,9H2,1-2H3. The van der Waals surface area contributed by atoms with E-state index < -0.39 is 5.41 Å². The molecule has 2 unspecified atom stereocenters. The normalized spacial score (nSPS) is 23.6. The summed E-state index contributed by atoms with van der Waals surface area (Å²) in [5, 5.41) is 18.6. The molecule has 0 radical (unpaired) electrons. The molecule has 2 rings (SSSR count). The van der Waals surface area contributed by atoms with Gasteiger partial charge in [-0.2, -0.15) is 5.26 Å². The molecule has 0 amide bonds. The number of nitrogens with zero attached hydrogens (tertiary/aromatic N) is 2. The van der Waals surface area contributed by atoms with Crippen LogP contribution in [0.2, 0.25) is 0 Å². The van der Waals surface area contributed by atoms with Crippen LogP contribution in [-0.4, -0.2) is 24.8 Å². The first-order chi connectivity index (χ1) is 8.50. The number of aliphatic hydroxyl groups is 1. The van der Waals surface area contributed by atoms with Crippen molar-refractivity contribution in [2.75, 3.05) is 24.6 Å². The van der Waals surface area contributed by atoms with Crippen LogP contribution in [0.4, 0.5) is 5.69 Å². The van der Waals surface area contributed by atoms with Gasteiger partial charge in [0.05, 0.1) is 11.5 Å². The van der Waals surface area contributed by atoms with E-state index in [1.165, 1.54) is 0 Å². The van der Waals surface area contributed by atoms with Crippen molar-refractivity contribution in [3.63, 3.8) is 0 Å². The quantitative estimate of drug-likeness (QED) is 0.934. The van der Waals surface area contributed by atoms with Crippen molar-refractivity contribution in [1.82, 2.24) is 0 Å². The lowest BCUT2D eigenvalue weighted by Gasteiger charge is -2.23. The van der Waals surface area contributed by atoms with Crippen LogP contribution in [0.3, 0.4) is 0 Å². The lowest BCUT2D eigenvalue weighted by molar-refractivity contribution is 0.239. The van der Waals surface area contributed by atoms with Gasteiger partial charge in [-0.05, 0) is 30.5 Å². The molecule has 4 heteroatoms. The van der Waals surface area contributed by atoms with E-state index in [0.29, 0.717) is 6.54 Å². The Morgan fingerprint density at radius 1 is 1.61 bits per heavy atom. The van der Waals surface area contributed by atoms with Crippen LogP contribution in [-0.2, 0) is 5.41 Å². The second kappa shape index (κ2) is 4.91. The van der Waals surface area contributed by atoms with Gasteiger partial charge in [-0.3, -0.25) is 0 Å². The molecule has 1 heterocycles. The molecule has 1 aliphatic heterocycles. The molecule has 2 atom stereocenters. The minimum Gasteiger partial charge on any atom is -0.396 e. The number of rotatable bonds is 3. The monoisotopic (exact) mass is 308 g/mol. The fourth-order valence-electron chi connectivity index (χ4n) is 2.48. The minimum atomic E-state index is -0.453. The zero-order valence-corrected chi connectivity index (χ0v) is 12.2. The van der Waals surface area contributed by atoms with Crippen molar-refractivity contribution >= 4 is 21.6 Å². The van der Waals surface area contributed by atoms with E-state index in [0.717, 1.165) is 22.3 Å². The van der Waals surface area contributed by atoms with Crippen LogP contribution in [0.15, 0.2) is 22.7 Å². The van der Waals surface area contributed by atoms with Gasteiger partial charge in [0.25, 0.3) is 0 Å². The third-order valence-corrected chi connectivity index (χ3v) is 3.99. The zero-order chi connectivity index (χ0) is 13.3. The first-order valence-corrected chi connectivity index (χ1v) is 6.86. The van der Waals surface area contributed by atoms with Gasteiger partial charge in [0, 0.05) is 29.9 Å². The summed E-state index contributed by atoms with van der Waals surface area (Å²) in [5.41, 5.74) is 1.73. The Kier molecular flexibility index (Phi) is 3.65. The first-order valence-electron chi connectivity index (χ1n) is 6.07. The highest BCUT2D eigenvalue weighted by molar-refractivity contribution is 9.10. The minimum absolute atomic E-state index is 0.170. The molecule has 18 heavy (non-hydrogen) atoms. The number of hydrogen-bond acceptors (Lipinski definition) is 3. The summed E-state index contributed by atoms with van der Waals surface area (Å²) < 4.78 is 1.02. The van der Waals surface area contributed by atoms with Crippen LogP contribution in [0.5, 0.6) is 0 Å². The van der Waals surface area contributed by atoms with Crippen molar-refractivity contribution < 1.29 is 5.11 Å². The van der Waals surface area contributed by atoms with Crippen molar-refractivity contribution in [2.45, 2.75) is 19.3 Å². The summed E-state index contributed by atoms with van der Waals surface area (Å²) in [6, 6.07) is 8.47. The predicted octanol–water partition coefficient (Wildman–Crippen LogP) is 2.68.